The number of furan rings is 1. The largest absolute Gasteiger partial charge is 0.504 e. The van der Waals surface area contributed by atoms with Crippen LogP contribution in [-0.2, 0) is 32.7 Å². The Morgan fingerprint density at radius 2 is 1.86 bits per heavy atom. The van der Waals surface area contributed by atoms with Crippen molar-refractivity contribution in [2.45, 2.75) is 81.5 Å². The second-order valence-corrected chi connectivity index (χ2v) is 17.0. The second-order valence-electron chi connectivity index (χ2n) is 15.8. The molecule has 0 amide bonds. The first-order chi connectivity index (χ1) is 27.0. The fraction of sp³-hybridized carbons (Fsp3) is 0.476. The molecule has 8 heterocycles. The topological polar surface area (TPSA) is 141 Å². The third kappa shape index (κ3) is 4.72. The van der Waals surface area contributed by atoms with Crippen molar-refractivity contribution in [3.63, 3.8) is 0 Å². The molecule has 1 aromatic heterocycles. The standard InChI is InChI=1S/C42H45N3O10S/c1-18-12-22-13-26-20(3)45-27-15-51-41(48)42(40-24(10-11-43-42)25-14-23(49-6)8-9-28(25)55-40)16-56-39(33(45)32(44(26)5)29(22)34(47)35(18)50-7)31-30(27)38-37(52-17-53-38)19(2)36(31)54-21(4)46/h8-9,12,14,20,26-27,32-33,39,43,47H,10-11,13,15-17H2,1-7H3/t20-,26-,27-,32?,33+,39+,42+/m0/s1. The van der Waals surface area contributed by atoms with Gasteiger partial charge in [-0.1, -0.05) is 6.07 Å². The summed E-state index contributed by atoms with van der Waals surface area (Å²) in [6.07, 6.45) is 1.36. The number of methoxy groups -OCH3 is 2. The number of aryl methyl sites for hydroxylation is 1. The number of fused-ring (bicyclic) bond motifs is 11. The predicted molar refractivity (Wildman–Crippen MR) is 206 cm³/mol. The van der Waals surface area contributed by atoms with E-state index in [9.17, 15) is 14.7 Å². The van der Waals surface area contributed by atoms with E-state index in [0.717, 1.165) is 38.8 Å². The molecule has 0 radical (unpaired) electrons. The minimum atomic E-state index is -1.33. The van der Waals surface area contributed by atoms with Crippen LogP contribution >= 0.6 is 11.8 Å². The number of hydrogen-bond acceptors (Lipinski definition) is 14. The van der Waals surface area contributed by atoms with Crippen LogP contribution in [0.25, 0.3) is 11.0 Å². The smallest absolute Gasteiger partial charge is 0.335 e. The highest BCUT2D eigenvalue weighted by atomic mass is 32.2. The maximum Gasteiger partial charge on any atom is 0.335 e. The first-order valence-electron chi connectivity index (χ1n) is 19.2. The summed E-state index contributed by atoms with van der Waals surface area (Å²) in [4.78, 5) is 32.7. The van der Waals surface area contributed by atoms with Crippen molar-refractivity contribution in [1.82, 2.24) is 15.1 Å². The van der Waals surface area contributed by atoms with Gasteiger partial charge in [-0.2, -0.15) is 0 Å². The van der Waals surface area contributed by atoms with Gasteiger partial charge in [0.1, 0.15) is 29.4 Å². The average Bonchev–Trinajstić information content (AvgIpc) is 3.82. The molecule has 2 saturated heterocycles. The molecule has 0 aliphatic carbocycles. The van der Waals surface area contributed by atoms with Gasteiger partial charge in [0.2, 0.25) is 6.79 Å². The van der Waals surface area contributed by atoms with Crippen LogP contribution in [0.4, 0.5) is 0 Å². The zero-order valence-electron chi connectivity index (χ0n) is 32.4. The zero-order valence-corrected chi connectivity index (χ0v) is 33.3. The van der Waals surface area contributed by atoms with Gasteiger partial charge in [0, 0.05) is 70.6 Å². The number of nitrogens with zero attached hydrogens (tertiary/aromatic N) is 2. The Balaban J connectivity index is 1.23. The number of thioether (sulfide) groups is 1. The molecule has 7 aliphatic heterocycles. The van der Waals surface area contributed by atoms with Gasteiger partial charge in [0.25, 0.3) is 0 Å². The first kappa shape index (κ1) is 35.8. The maximum atomic E-state index is 14.9. The number of ether oxygens (including phenoxy) is 6. The molecule has 14 heteroatoms. The zero-order chi connectivity index (χ0) is 38.9. The molecule has 1 unspecified atom stereocenters. The maximum absolute atomic E-state index is 14.9. The summed E-state index contributed by atoms with van der Waals surface area (Å²) in [5.74, 6) is 2.69. The highest BCUT2D eigenvalue weighted by Gasteiger charge is 2.61. The van der Waals surface area contributed by atoms with Gasteiger partial charge in [0.05, 0.1) is 31.6 Å². The highest BCUT2D eigenvalue weighted by Crippen LogP contribution is 2.64. The minimum Gasteiger partial charge on any atom is -0.504 e. The van der Waals surface area contributed by atoms with Gasteiger partial charge in [-0.15, -0.1) is 11.8 Å². The van der Waals surface area contributed by atoms with Crippen LogP contribution in [0.3, 0.4) is 0 Å². The number of benzene rings is 3. The molecule has 7 atom stereocenters. The lowest BCUT2D eigenvalue weighted by Gasteiger charge is -2.63. The number of piperazine rings is 1. The molecule has 294 valence electrons. The fourth-order valence-electron chi connectivity index (χ4n) is 10.8. The molecular weight excluding hydrogens is 739 g/mol. The molecule has 4 aromatic rings. The number of phenols is 1. The lowest BCUT2D eigenvalue weighted by atomic mass is 9.71. The number of carbonyl (C=O) groups is 2. The van der Waals surface area contributed by atoms with Crippen LogP contribution in [0, 0.1) is 13.8 Å². The molecule has 13 nitrogen and oxygen atoms in total. The van der Waals surface area contributed by atoms with Crippen molar-refractivity contribution in [2.24, 2.45) is 0 Å². The van der Waals surface area contributed by atoms with E-state index in [1.165, 1.54) is 6.92 Å². The molecular formula is C42H45N3O10S. The Bertz CT molecular complexity index is 2360. The van der Waals surface area contributed by atoms with E-state index >= 15 is 0 Å². The SMILES string of the molecule is COc1ccc2oc3c(c2c1)CCN[C@]31CS[C@@H]2c3c(OC(C)=O)c(C)c4c(c3[C@H](COC1=O)N1[C@@H]2C2c3c(cc(C)c(OC)c3O)C[C@@H]([C@@H]1C)N2C)OCO4. The summed E-state index contributed by atoms with van der Waals surface area (Å²) in [5, 5.41) is 16.2. The van der Waals surface area contributed by atoms with E-state index in [2.05, 4.69) is 35.2 Å². The Hall–Kier alpha value is -4.63. The first-order valence-corrected chi connectivity index (χ1v) is 20.2. The monoisotopic (exact) mass is 783 g/mol. The van der Waals surface area contributed by atoms with Crippen LogP contribution in [0.1, 0.15) is 75.9 Å². The lowest BCUT2D eigenvalue weighted by Crippen LogP contribution is -2.69. The molecule has 2 fully saturated rings. The van der Waals surface area contributed by atoms with Gasteiger partial charge >= 0.3 is 11.9 Å². The number of carbonyl (C=O) groups excluding carboxylic acids is 2. The number of rotatable bonds is 3. The number of aromatic hydroxyl groups is 1. The fourth-order valence-corrected chi connectivity index (χ4v) is 12.5. The number of nitrogens with one attached hydrogen (secondary N) is 1. The number of esters is 2. The van der Waals surface area contributed by atoms with E-state index in [1.54, 1.807) is 26.0 Å². The van der Waals surface area contributed by atoms with Crippen molar-refractivity contribution in [3.8, 4) is 34.5 Å². The Labute approximate surface area is 328 Å². The normalized spacial score (nSPS) is 28.9. The van der Waals surface area contributed by atoms with Gasteiger partial charge < -0.3 is 37.9 Å². The van der Waals surface area contributed by atoms with Gasteiger partial charge in [0.15, 0.2) is 28.5 Å². The van der Waals surface area contributed by atoms with Crippen molar-refractivity contribution >= 4 is 34.7 Å². The third-order valence-corrected chi connectivity index (χ3v) is 14.6. The predicted octanol–water partition coefficient (Wildman–Crippen LogP) is 5.52. The molecule has 56 heavy (non-hydrogen) atoms. The second kappa shape index (κ2) is 12.7. The van der Waals surface area contributed by atoms with Gasteiger partial charge in [-0.05, 0) is 70.0 Å². The van der Waals surface area contributed by atoms with Crippen LogP contribution in [0.15, 0.2) is 28.7 Å². The molecule has 3 aromatic carbocycles. The Kier molecular flexibility index (Phi) is 8.10. The summed E-state index contributed by atoms with van der Waals surface area (Å²) in [7, 11) is 5.35. The summed E-state index contributed by atoms with van der Waals surface area (Å²) in [5.41, 5.74) is 5.33. The van der Waals surface area contributed by atoms with Crippen molar-refractivity contribution in [2.75, 3.05) is 47.0 Å². The van der Waals surface area contributed by atoms with Gasteiger partial charge in [-0.25, -0.2) is 4.79 Å². The van der Waals surface area contributed by atoms with E-state index in [-0.39, 0.29) is 49.1 Å². The van der Waals surface area contributed by atoms with Crippen LogP contribution in [0.5, 0.6) is 34.5 Å². The van der Waals surface area contributed by atoms with Gasteiger partial charge in [-0.3, -0.25) is 19.9 Å². The minimum absolute atomic E-state index is 0.0104. The third-order valence-electron chi connectivity index (χ3n) is 13.1. The summed E-state index contributed by atoms with van der Waals surface area (Å²) in [6, 6.07) is 6.72. The molecule has 2 N–H and O–H groups in total. The number of likely N-dealkylation sites (N-methyl/N-ethyl adjacent to an activating group) is 1. The van der Waals surface area contributed by atoms with E-state index < -0.39 is 28.8 Å². The van der Waals surface area contributed by atoms with Crippen LogP contribution in [-0.4, -0.2) is 91.9 Å². The Morgan fingerprint density at radius 1 is 1.05 bits per heavy atom. The average molecular weight is 784 g/mol. The van der Waals surface area contributed by atoms with E-state index in [4.69, 9.17) is 32.8 Å². The molecule has 0 saturated carbocycles. The number of hydrogen-bond donors (Lipinski definition) is 2. The molecule has 7 aliphatic rings. The van der Waals surface area contributed by atoms with E-state index in [0.29, 0.717) is 65.0 Å². The molecule has 4 bridgehead atoms. The van der Waals surface area contributed by atoms with Crippen LogP contribution in [0.2, 0.25) is 0 Å². The van der Waals surface area contributed by atoms with Crippen molar-refractivity contribution in [1.29, 1.82) is 0 Å². The summed E-state index contributed by atoms with van der Waals surface area (Å²) < 4.78 is 43.1. The Morgan fingerprint density at radius 3 is 2.62 bits per heavy atom. The lowest BCUT2D eigenvalue weighted by molar-refractivity contribution is -0.159. The quantitative estimate of drug-likeness (QED) is 0.199. The highest BCUT2D eigenvalue weighted by molar-refractivity contribution is 7.99. The van der Waals surface area contributed by atoms with E-state index in [1.807, 2.05) is 32.0 Å². The summed E-state index contributed by atoms with van der Waals surface area (Å²) >= 11 is 1.60. The van der Waals surface area contributed by atoms with Crippen molar-refractivity contribution < 1.29 is 47.5 Å². The number of phenolic OH excluding ortho intramolecular Hbond substituents is 1. The summed E-state index contributed by atoms with van der Waals surface area (Å²) in [6.45, 7) is 8.00. The molecule has 1 spiro atoms. The van der Waals surface area contributed by atoms with Crippen molar-refractivity contribution in [3.05, 3.63) is 69.0 Å². The van der Waals surface area contributed by atoms with Crippen LogP contribution < -0.4 is 29.0 Å². The molecule has 11 rings (SSSR count).